The van der Waals surface area contributed by atoms with E-state index < -0.39 is 5.97 Å². The molecule has 1 aliphatic heterocycles. The summed E-state index contributed by atoms with van der Waals surface area (Å²) in [7, 11) is 0. The molecular formula is C13H24N2O3. The van der Waals surface area contributed by atoms with Crippen LogP contribution in [0.25, 0.3) is 0 Å². The zero-order chi connectivity index (χ0) is 13.7. The maximum Gasteiger partial charge on any atom is 0.323 e. The van der Waals surface area contributed by atoms with E-state index in [1.807, 2.05) is 13.8 Å². The van der Waals surface area contributed by atoms with Gasteiger partial charge < -0.3 is 10.0 Å². The van der Waals surface area contributed by atoms with Crippen LogP contribution >= 0.6 is 0 Å². The molecule has 1 rings (SSSR count). The van der Waals surface area contributed by atoms with Gasteiger partial charge in [0.15, 0.2) is 0 Å². The van der Waals surface area contributed by atoms with Crippen LogP contribution in [0, 0.1) is 0 Å². The molecule has 5 heteroatoms. The van der Waals surface area contributed by atoms with Crippen LogP contribution in [0.3, 0.4) is 0 Å². The van der Waals surface area contributed by atoms with Gasteiger partial charge in [0.2, 0.25) is 5.91 Å². The van der Waals surface area contributed by atoms with Gasteiger partial charge in [-0.3, -0.25) is 14.5 Å². The van der Waals surface area contributed by atoms with Crippen molar-refractivity contribution in [1.82, 2.24) is 9.80 Å². The van der Waals surface area contributed by atoms with Gasteiger partial charge in [-0.25, -0.2) is 0 Å². The zero-order valence-corrected chi connectivity index (χ0v) is 11.6. The first kappa shape index (κ1) is 15.0. The van der Waals surface area contributed by atoms with Crippen molar-refractivity contribution in [2.24, 2.45) is 0 Å². The first-order valence-electron chi connectivity index (χ1n) is 6.71. The largest absolute Gasteiger partial charge is 0.480 e. The Labute approximate surface area is 109 Å². The highest BCUT2D eigenvalue weighted by atomic mass is 16.4. The Bertz CT molecular complexity index is 307. The number of likely N-dealkylation sites (tertiary alicyclic amines) is 1. The smallest absolute Gasteiger partial charge is 0.323 e. The van der Waals surface area contributed by atoms with Gasteiger partial charge in [0.05, 0.1) is 6.54 Å². The third kappa shape index (κ3) is 3.98. The predicted molar refractivity (Wildman–Crippen MR) is 69.4 cm³/mol. The minimum absolute atomic E-state index is 0.0218. The van der Waals surface area contributed by atoms with Crippen molar-refractivity contribution in [3.63, 3.8) is 0 Å². The summed E-state index contributed by atoms with van der Waals surface area (Å²) in [5.41, 5.74) is 0. The minimum atomic E-state index is -0.946. The van der Waals surface area contributed by atoms with E-state index in [0.717, 1.165) is 25.8 Å². The molecule has 1 amide bonds. The van der Waals surface area contributed by atoms with Crippen LogP contribution < -0.4 is 0 Å². The van der Waals surface area contributed by atoms with Crippen molar-refractivity contribution < 1.29 is 14.7 Å². The van der Waals surface area contributed by atoms with Crippen molar-refractivity contribution >= 4 is 11.9 Å². The third-order valence-electron chi connectivity index (χ3n) is 3.78. The molecule has 18 heavy (non-hydrogen) atoms. The van der Waals surface area contributed by atoms with Crippen LogP contribution in [0.15, 0.2) is 0 Å². The molecule has 1 fully saturated rings. The van der Waals surface area contributed by atoms with Crippen molar-refractivity contribution in [2.75, 3.05) is 19.6 Å². The molecule has 104 valence electrons. The molecule has 0 radical (unpaired) electrons. The fourth-order valence-corrected chi connectivity index (χ4v) is 2.35. The predicted octanol–water partition coefficient (Wildman–Crippen LogP) is 1.18. The Hall–Kier alpha value is -1.10. The fourth-order valence-electron chi connectivity index (χ4n) is 2.35. The SMILES string of the molecule is CC[C@@H](C)N(CC(=O)O)C(=O)CN1CCC[C@@H]1C. The highest BCUT2D eigenvalue weighted by molar-refractivity contribution is 5.83. The van der Waals surface area contributed by atoms with Gasteiger partial charge >= 0.3 is 5.97 Å². The maximum atomic E-state index is 12.2. The first-order chi connectivity index (χ1) is 8.45. The lowest BCUT2D eigenvalue weighted by Crippen LogP contribution is -2.47. The van der Waals surface area contributed by atoms with Gasteiger partial charge in [0, 0.05) is 12.1 Å². The number of amides is 1. The topological polar surface area (TPSA) is 60.9 Å². The molecule has 0 saturated carbocycles. The molecular weight excluding hydrogens is 232 g/mol. The Morgan fingerprint density at radius 2 is 2.17 bits per heavy atom. The highest BCUT2D eigenvalue weighted by Gasteiger charge is 2.27. The molecule has 0 spiro atoms. The summed E-state index contributed by atoms with van der Waals surface area (Å²) in [5.74, 6) is -1.02. The van der Waals surface area contributed by atoms with Gasteiger partial charge in [0.1, 0.15) is 6.54 Å². The van der Waals surface area contributed by atoms with Crippen LogP contribution in [0.2, 0.25) is 0 Å². The normalized spacial score (nSPS) is 21.8. The number of aliphatic carboxylic acids is 1. The molecule has 1 heterocycles. The summed E-state index contributed by atoms with van der Waals surface area (Å²) in [5, 5.41) is 8.88. The lowest BCUT2D eigenvalue weighted by Gasteiger charge is -2.30. The fraction of sp³-hybridized carbons (Fsp3) is 0.846. The molecule has 5 nitrogen and oxygen atoms in total. The van der Waals surface area contributed by atoms with E-state index in [1.54, 1.807) is 0 Å². The molecule has 1 saturated heterocycles. The molecule has 0 aromatic heterocycles. The van der Waals surface area contributed by atoms with Crippen LogP contribution in [-0.2, 0) is 9.59 Å². The van der Waals surface area contributed by atoms with Gasteiger partial charge in [-0.1, -0.05) is 6.92 Å². The number of hydrogen-bond acceptors (Lipinski definition) is 3. The summed E-state index contributed by atoms with van der Waals surface area (Å²) in [4.78, 5) is 26.6. The molecule has 0 aliphatic carbocycles. The number of rotatable bonds is 6. The van der Waals surface area contributed by atoms with E-state index in [9.17, 15) is 9.59 Å². The monoisotopic (exact) mass is 256 g/mol. The summed E-state index contributed by atoms with van der Waals surface area (Å²) < 4.78 is 0. The molecule has 0 bridgehead atoms. The quantitative estimate of drug-likeness (QED) is 0.775. The second-order valence-electron chi connectivity index (χ2n) is 5.13. The number of nitrogens with zero attached hydrogens (tertiary/aromatic N) is 2. The summed E-state index contributed by atoms with van der Waals surface area (Å²) in [6.45, 7) is 7.06. The standard InChI is InChI=1S/C13H24N2O3/c1-4-10(2)15(9-13(17)18)12(16)8-14-7-5-6-11(14)3/h10-11H,4-9H2,1-3H3,(H,17,18)/t10-,11+/m1/s1. The van der Waals surface area contributed by atoms with Gasteiger partial charge in [-0.2, -0.15) is 0 Å². The average Bonchev–Trinajstić information content (AvgIpc) is 2.70. The second-order valence-corrected chi connectivity index (χ2v) is 5.13. The van der Waals surface area contributed by atoms with Crippen molar-refractivity contribution in [1.29, 1.82) is 0 Å². The minimum Gasteiger partial charge on any atom is -0.480 e. The van der Waals surface area contributed by atoms with Crippen molar-refractivity contribution in [3.8, 4) is 0 Å². The molecule has 0 aromatic rings. The third-order valence-corrected chi connectivity index (χ3v) is 3.78. The summed E-state index contributed by atoms with van der Waals surface area (Å²) in [6, 6.07) is 0.407. The zero-order valence-electron chi connectivity index (χ0n) is 11.6. The van der Waals surface area contributed by atoms with E-state index in [-0.39, 0.29) is 18.5 Å². The van der Waals surface area contributed by atoms with E-state index in [4.69, 9.17) is 5.11 Å². The molecule has 1 aliphatic rings. The van der Waals surface area contributed by atoms with Gasteiger partial charge in [-0.05, 0) is 39.7 Å². The Balaban J connectivity index is 2.60. The van der Waals surface area contributed by atoms with Crippen LogP contribution in [0.4, 0.5) is 0 Å². The van der Waals surface area contributed by atoms with E-state index in [0.29, 0.717) is 12.6 Å². The maximum absolute atomic E-state index is 12.2. The molecule has 1 N–H and O–H groups in total. The number of carbonyl (C=O) groups is 2. The Morgan fingerprint density at radius 3 is 2.61 bits per heavy atom. The molecule has 0 unspecified atom stereocenters. The number of carbonyl (C=O) groups excluding carboxylic acids is 1. The van der Waals surface area contributed by atoms with Crippen LogP contribution in [0.1, 0.15) is 40.0 Å². The number of carboxylic acid groups (broad SMARTS) is 1. The second kappa shape index (κ2) is 6.73. The summed E-state index contributed by atoms with van der Waals surface area (Å²) >= 11 is 0. The van der Waals surface area contributed by atoms with Crippen LogP contribution in [-0.4, -0.2) is 58.5 Å². The number of hydrogen-bond donors (Lipinski definition) is 1. The van der Waals surface area contributed by atoms with Gasteiger partial charge in [0.25, 0.3) is 0 Å². The van der Waals surface area contributed by atoms with E-state index in [2.05, 4.69) is 11.8 Å². The van der Waals surface area contributed by atoms with E-state index in [1.165, 1.54) is 4.90 Å². The highest BCUT2D eigenvalue weighted by Crippen LogP contribution is 2.16. The van der Waals surface area contributed by atoms with E-state index >= 15 is 0 Å². The van der Waals surface area contributed by atoms with Gasteiger partial charge in [-0.15, -0.1) is 0 Å². The molecule has 2 atom stereocenters. The lowest BCUT2D eigenvalue weighted by molar-refractivity contribution is -0.146. The molecule has 0 aromatic carbocycles. The summed E-state index contributed by atoms with van der Waals surface area (Å²) in [6.07, 6.45) is 3.01. The number of carboxylic acids is 1. The van der Waals surface area contributed by atoms with Crippen molar-refractivity contribution in [3.05, 3.63) is 0 Å². The average molecular weight is 256 g/mol. The van der Waals surface area contributed by atoms with Crippen molar-refractivity contribution in [2.45, 2.75) is 52.1 Å². The lowest BCUT2D eigenvalue weighted by atomic mass is 10.2. The Kier molecular flexibility index (Phi) is 5.59. The van der Waals surface area contributed by atoms with Crippen LogP contribution in [0.5, 0.6) is 0 Å². The first-order valence-corrected chi connectivity index (χ1v) is 6.71. The Morgan fingerprint density at radius 1 is 1.50 bits per heavy atom.